The molecule has 0 radical (unpaired) electrons. The molecule has 0 aromatic carbocycles. The van der Waals surface area contributed by atoms with Gasteiger partial charge in [0.15, 0.2) is 12.6 Å². The summed E-state index contributed by atoms with van der Waals surface area (Å²) < 4.78 is 17.8. The molecule has 186 valence electrons. The van der Waals surface area contributed by atoms with Gasteiger partial charge in [-0.05, 0) is 32.1 Å². The number of fused-ring (bicyclic) bond motifs is 2. The van der Waals surface area contributed by atoms with Crippen molar-refractivity contribution in [3.8, 4) is 0 Å². The van der Waals surface area contributed by atoms with Crippen molar-refractivity contribution in [3.05, 3.63) is 0 Å². The lowest BCUT2D eigenvalue weighted by atomic mass is 9.53. The van der Waals surface area contributed by atoms with Crippen LogP contribution < -0.4 is 0 Å². The van der Waals surface area contributed by atoms with Crippen LogP contribution in [0.5, 0.6) is 0 Å². The summed E-state index contributed by atoms with van der Waals surface area (Å²) in [6.07, 6.45) is -1.27. The van der Waals surface area contributed by atoms with Gasteiger partial charge in [0, 0.05) is 40.9 Å². The number of ether oxygens (including phenoxy) is 3. The number of carbonyl (C=O) groups is 2. The second-order valence-electron chi connectivity index (χ2n) is 12.0. The monoisotopic (exact) mass is 466 g/mol. The van der Waals surface area contributed by atoms with Crippen molar-refractivity contribution in [3.63, 3.8) is 0 Å². The number of Topliss-reactive ketones (excluding diaryl/α,β-unsaturated/α-hetero) is 2. The Hall–Kier alpha value is -0.900. The lowest BCUT2D eigenvalue weighted by Gasteiger charge is -2.53. The first-order chi connectivity index (χ1) is 15.4. The highest BCUT2D eigenvalue weighted by Gasteiger charge is 2.74. The van der Waals surface area contributed by atoms with Crippen LogP contribution in [0.2, 0.25) is 0 Å². The lowest BCUT2D eigenvalue weighted by molar-refractivity contribution is -0.354. The highest BCUT2D eigenvalue weighted by atomic mass is 16.7. The van der Waals surface area contributed by atoms with Gasteiger partial charge in [-0.25, -0.2) is 0 Å². The third-order valence-electron chi connectivity index (χ3n) is 9.77. The van der Waals surface area contributed by atoms with Gasteiger partial charge in [0.2, 0.25) is 0 Å². The molecule has 3 unspecified atom stereocenters. The van der Waals surface area contributed by atoms with Crippen molar-refractivity contribution in [1.29, 1.82) is 0 Å². The van der Waals surface area contributed by atoms with E-state index in [0.29, 0.717) is 32.1 Å². The fourth-order valence-corrected chi connectivity index (χ4v) is 7.55. The number of aliphatic hydroxyl groups excluding tert-OH is 2. The molecular weight excluding hydrogens is 428 g/mol. The van der Waals surface area contributed by atoms with E-state index >= 15 is 0 Å². The molecular formula is C25H38O8. The fourth-order valence-electron chi connectivity index (χ4n) is 7.55. The van der Waals surface area contributed by atoms with E-state index in [4.69, 9.17) is 14.2 Å². The van der Waals surface area contributed by atoms with E-state index in [1.54, 1.807) is 0 Å². The number of aliphatic hydroxyl groups is 3. The molecule has 5 aliphatic rings. The Bertz CT molecular complexity index is 829. The van der Waals surface area contributed by atoms with Crippen LogP contribution in [0.3, 0.4) is 0 Å². The van der Waals surface area contributed by atoms with Crippen molar-refractivity contribution in [2.45, 2.75) is 103 Å². The normalized spacial score (nSPS) is 53.4. The molecule has 0 bridgehead atoms. The summed E-state index contributed by atoms with van der Waals surface area (Å²) in [4.78, 5) is 26.2. The average Bonchev–Trinajstić information content (AvgIpc) is 3.00. The van der Waals surface area contributed by atoms with Crippen LogP contribution in [0.1, 0.15) is 66.2 Å². The van der Waals surface area contributed by atoms with Crippen molar-refractivity contribution in [2.75, 3.05) is 6.61 Å². The van der Waals surface area contributed by atoms with Crippen LogP contribution in [0.4, 0.5) is 0 Å². The van der Waals surface area contributed by atoms with Gasteiger partial charge < -0.3 is 29.5 Å². The molecule has 0 spiro atoms. The molecule has 33 heavy (non-hydrogen) atoms. The summed E-state index contributed by atoms with van der Waals surface area (Å²) in [6, 6.07) is 0. The zero-order chi connectivity index (χ0) is 23.9. The number of hydrogen-bond donors (Lipinski definition) is 3. The number of ketones is 2. The zero-order valence-electron chi connectivity index (χ0n) is 20.0. The highest BCUT2D eigenvalue weighted by Crippen LogP contribution is 2.64. The Labute approximate surface area is 195 Å². The maximum Gasteiger partial charge on any atom is 0.189 e. The second kappa shape index (κ2) is 7.80. The van der Waals surface area contributed by atoms with Gasteiger partial charge in [0.1, 0.15) is 29.4 Å². The van der Waals surface area contributed by atoms with Gasteiger partial charge >= 0.3 is 0 Å². The molecule has 5 rings (SSSR count). The Morgan fingerprint density at radius 3 is 2.55 bits per heavy atom. The van der Waals surface area contributed by atoms with E-state index in [2.05, 4.69) is 6.92 Å². The Balaban J connectivity index is 1.47. The smallest absolute Gasteiger partial charge is 0.189 e. The number of hydrogen-bond acceptors (Lipinski definition) is 8. The van der Waals surface area contributed by atoms with E-state index < -0.39 is 59.2 Å². The van der Waals surface area contributed by atoms with Crippen molar-refractivity contribution in [1.82, 2.24) is 0 Å². The van der Waals surface area contributed by atoms with Gasteiger partial charge in [-0.3, -0.25) is 9.59 Å². The van der Waals surface area contributed by atoms with Crippen LogP contribution in [0, 0.1) is 34.5 Å². The van der Waals surface area contributed by atoms with E-state index in [9.17, 15) is 24.9 Å². The molecule has 0 aromatic heterocycles. The predicted octanol–water partition coefficient (Wildman–Crippen LogP) is 1.57. The Morgan fingerprint density at radius 1 is 1.12 bits per heavy atom. The summed E-state index contributed by atoms with van der Waals surface area (Å²) in [7, 11) is 0. The maximum atomic E-state index is 13.9. The highest BCUT2D eigenvalue weighted by molar-refractivity contribution is 5.89. The molecule has 3 saturated heterocycles. The topological polar surface area (TPSA) is 123 Å². The molecule has 11 atom stereocenters. The van der Waals surface area contributed by atoms with Crippen LogP contribution in [-0.2, 0) is 23.8 Å². The Kier molecular flexibility index (Phi) is 5.63. The standard InChI is InChI=1S/C25H38O8/c1-12(2)15(26)7-8-23(3)9-10-24(4)14(18(23)28)6-5-13-17-20(24)33-22-25(17,30)19(32-21(13)29)16(27)11-31-22/h12-14,16-17,19-22,27,29-30H,5-11H2,1-4H3/t13-,14+,16+,17?,19-,20?,21-,22-,23+,24+,25?/m0/s1. The average molecular weight is 467 g/mol. The largest absolute Gasteiger partial charge is 0.388 e. The molecule has 0 aromatic rings. The fraction of sp³-hybridized carbons (Fsp3) is 0.920. The maximum absolute atomic E-state index is 13.9. The molecule has 2 saturated carbocycles. The molecule has 5 fully saturated rings. The second-order valence-corrected chi connectivity index (χ2v) is 12.0. The third-order valence-corrected chi connectivity index (χ3v) is 9.77. The first kappa shape index (κ1) is 23.8. The van der Waals surface area contributed by atoms with Gasteiger partial charge in [-0.2, -0.15) is 0 Å². The minimum Gasteiger partial charge on any atom is -0.388 e. The quantitative estimate of drug-likeness (QED) is 0.571. The number of carbonyl (C=O) groups excluding carboxylic acids is 2. The summed E-state index contributed by atoms with van der Waals surface area (Å²) in [6.45, 7) is 7.78. The van der Waals surface area contributed by atoms with Gasteiger partial charge in [-0.15, -0.1) is 0 Å². The molecule has 2 aliphatic carbocycles. The zero-order valence-corrected chi connectivity index (χ0v) is 20.0. The lowest BCUT2D eigenvalue weighted by Crippen LogP contribution is -2.70. The van der Waals surface area contributed by atoms with E-state index in [1.807, 2.05) is 20.8 Å². The molecule has 3 N–H and O–H groups in total. The summed E-state index contributed by atoms with van der Waals surface area (Å²) in [5.74, 6) is -0.929. The predicted molar refractivity (Wildman–Crippen MR) is 116 cm³/mol. The van der Waals surface area contributed by atoms with E-state index in [-0.39, 0.29) is 30.0 Å². The minimum absolute atomic E-state index is 0.0423. The van der Waals surface area contributed by atoms with Crippen LogP contribution in [0.15, 0.2) is 0 Å². The van der Waals surface area contributed by atoms with Crippen LogP contribution in [0.25, 0.3) is 0 Å². The number of rotatable bonds is 4. The van der Waals surface area contributed by atoms with Crippen LogP contribution >= 0.6 is 0 Å². The third kappa shape index (κ3) is 3.24. The SMILES string of the molecule is CC(C)C(=O)CC[C@]1(C)CC[C@@]2(C)C3O[C@@H]4OC[C@@H](O)[C@@H]5O[C@H](O)[C@@H](CC[C@@H]2C1=O)C3C45O. The van der Waals surface area contributed by atoms with Crippen molar-refractivity contribution in [2.24, 2.45) is 34.5 Å². The first-order valence-electron chi connectivity index (χ1n) is 12.5. The van der Waals surface area contributed by atoms with Crippen molar-refractivity contribution < 1.29 is 39.1 Å². The summed E-state index contributed by atoms with van der Waals surface area (Å²) >= 11 is 0. The minimum atomic E-state index is -1.57. The van der Waals surface area contributed by atoms with Gasteiger partial charge in [0.25, 0.3) is 0 Å². The van der Waals surface area contributed by atoms with Gasteiger partial charge in [-0.1, -0.05) is 27.7 Å². The summed E-state index contributed by atoms with van der Waals surface area (Å²) in [5.41, 5.74) is -2.68. The molecule has 0 amide bonds. The van der Waals surface area contributed by atoms with E-state index in [1.165, 1.54) is 0 Å². The van der Waals surface area contributed by atoms with E-state index in [0.717, 1.165) is 6.42 Å². The first-order valence-corrected chi connectivity index (χ1v) is 12.5. The molecule has 3 aliphatic heterocycles. The Morgan fingerprint density at radius 2 is 1.85 bits per heavy atom. The molecule has 3 heterocycles. The van der Waals surface area contributed by atoms with Crippen LogP contribution in [-0.4, -0.2) is 70.0 Å². The summed E-state index contributed by atoms with van der Waals surface area (Å²) in [5, 5.41) is 33.1. The van der Waals surface area contributed by atoms with Gasteiger partial charge in [0.05, 0.1) is 12.7 Å². The van der Waals surface area contributed by atoms with Crippen molar-refractivity contribution >= 4 is 11.6 Å². The molecule has 8 nitrogen and oxygen atoms in total. The molecule has 8 heteroatoms.